The lowest BCUT2D eigenvalue weighted by Crippen LogP contribution is -2.44. The summed E-state index contributed by atoms with van der Waals surface area (Å²) in [5.41, 5.74) is 11.3. The zero-order chi connectivity index (χ0) is 15.6. The summed E-state index contributed by atoms with van der Waals surface area (Å²) in [5, 5.41) is 2.85. The van der Waals surface area contributed by atoms with Crippen molar-refractivity contribution in [1.29, 1.82) is 0 Å². The van der Waals surface area contributed by atoms with Crippen LogP contribution in [0.4, 0.5) is 15.8 Å². The Morgan fingerprint density at radius 1 is 1.33 bits per heavy atom. The fraction of sp³-hybridized carbons (Fsp3) is 0.429. The smallest absolute Gasteiger partial charge is 0.250 e. The first-order valence-corrected chi connectivity index (χ1v) is 6.79. The van der Waals surface area contributed by atoms with Crippen molar-refractivity contribution in [3.05, 3.63) is 23.5 Å². The van der Waals surface area contributed by atoms with Crippen LogP contribution in [0.2, 0.25) is 0 Å². The number of benzene rings is 1. The van der Waals surface area contributed by atoms with Crippen LogP contribution in [0.25, 0.3) is 0 Å². The number of carbonyl (C=O) groups excluding carboxylic acids is 2. The second kappa shape index (κ2) is 5.99. The second-order valence-corrected chi connectivity index (χ2v) is 5.22. The normalized spacial score (nSPS) is 15.8. The molecule has 2 amide bonds. The highest BCUT2D eigenvalue weighted by atomic mass is 19.1. The van der Waals surface area contributed by atoms with Gasteiger partial charge in [0, 0.05) is 31.7 Å². The zero-order valence-electron chi connectivity index (χ0n) is 11.9. The summed E-state index contributed by atoms with van der Waals surface area (Å²) in [5.74, 6) is -1.22. The largest absolute Gasteiger partial charge is 0.398 e. The Hall–Kier alpha value is -2.31. The minimum Gasteiger partial charge on any atom is -0.398 e. The highest BCUT2D eigenvalue weighted by Crippen LogP contribution is 2.27. The molecule has 0 atom stereocenters. The molecule has 5 N–H and O–H groups in total. The Balaban J connectivity index is 2.15. The van der Waals surface area contributed by atoms with Gasteiger partial charge in [-0.1, -0.05) is 0 Å². The molecule has 0 unspecified atom stereocenters. The molecular weight excluding hydrogens is 275 g/mol. The number of anilines is 2. The Kier molecular flexibility index (Phi) is 4.30. The number of primary amides is 1. The average molecular weight is 294 g/mol. The lowest BCUT2D eigenvalue weighted by Gasteiger charge is -2.34. The highest BCUT2D eigenvalue weighted by molar-refractivity contribution is 5.99. The van der Waals surface area contributed by atoms with Crippen LogP contribution >= 0.6 is 0 Å². The monoisotopic (exact) mass is 294 g/mol. The van der Waals surface area contributed by atoms with E-state index in [4.69, 9.17) is 11.5 Å². The quantitative estimate of drug-likeness (QED) is 0.711. The molecule has 0 radical (unpaired) electrons. The predicted octanol–water partition coefficient (Wildman–Crippen LogP) is 0.612. The molecule has 0 aromatic heterocycles. The summed E-state index contributed by atoms with van der Waals surface area (Å²) in [4.78, 5) is 24.2. The van der Waals surface area contributed by atoms with Crippen molar-refractivity contribution < 1.29 is 14.0 Å². The van der Waals surface area contributed by atoms with Gasteiger partial charge < -0.3 is 21.7 Å². The number of nitrogens with zero attached hydrogens (tertiary/aromatic N) is 1. The summed E-state index contributed by atoms with van der Waals surface area (Å²) in [6.45, 7) is 2.65. The molecule has 1 aliphatic rings. The molecule has 1 aromatic carbocycles. The standard InChI is InChI=1S/C14H19FN4O2/c1-8(20)18-9-2-4-19(5-3-9)13-6-10(14(17)21)12(16)7-11(13)15/h6-7,9H,2-5,16H2,1H3,(H2,17,21)(H,18,20). The first-order chi connectivity index (χ1) is 9.88. The minimum atomic E-state index is -0.679. The van der Waals surface area contributed by atoms with Gasteiger partial charge in [-0.2, -0.15) is 0 Å². The number of carbonyl (C=O) groups is 2. The van der Waals surface area contributed by atoms with Crippen LogP contribution in [-0.4, -0.2) is 30.9 Å². The number of hydrogen-bond acceptors (Lipinski definition) is 4. The molecule has 0 saturated carbocycles. The average Bonchev–Trinajstić information content (AvgIpc) is 2.39. The van der Waals surface area contributed by atoms with Crippen LogP contribution in [0.1, 0.15) is 30.1 Å². The van der Waals surface area contributed by atoms with E-state index in [0.717, 1.165) is 18.9 Å². The molecule has 1 aromatic rings. The van der Waals surface area contributed by atoms with Crippen LogP contribution in [0.15, 0.2) is 12.1 Å². The predicted molar refractivity (Wildman–Crippen MR) is 78.4 cm³/mol. The van der Waals surface area contributed by atoms with Crippen molar-refractivity contribution in [2.45, 2.75) is 25.8 Å². The molecular formula is C14H19FN4O2. The molecule has 0 aliphatic carbocycles. The number of nitrogen functional groups attached to an aromatic ring is 1. The minimum absolute atomic E-state index is 0.0388. The number of halogens is 1. The van der Waals surface area contributed by atoms with E-state index in [-0.39, 0.29) is 23.2 Å². The van der Waals surface area contributed by atoms with E-state index in [0.29, 0.717) is 18.8 Å². The lowest BCUT2D eigenvalue weighted by molar-refractivity contribution is -0.119. The number of nitrogens with two attached hydrogens (primary N) is 2. The number of piperidine rings is 1. The van der Waals surface area contributed by atoms with E-state index in [1.54, 1.807) is 0 Å². The molecule has 1 fully saturated rings. The van der Waals surface area contributed by atoms with Gasteiger partial charge in [0.2, 0.25) is 5.91 Å². The van der Waals surface area contributed by atoms with Gasteiger partial charge >= 0.3 is 0 Å². The van der Waals surface area contributed by atoms with Crippen molar-refractivity contribution >= 4 is 23.2 Å². The van der Waals surface area contributed by atoms with Gasteiger partial charge in [-0.05, 0) is 25.0 Å². The van der Waals surface area contributed by atoms with E-state index in [1.807, 2.05) is 4.90 Å². The van der Waals surface area contributed by atoms with Gasteiger partial charge in [-0.25, -0.2) is 4.39 Å². The molecule has 1 saturated heterocycles. The van der Waals surface area contributed by atoms with E-state index in [1.165, 1.54) is 13.0 Å². The molecule has 6 nitrogen and oxygen atoms in total. The zero-order valence-corrected chi connectivity index (χ0v) is 11.9. The van der Waals surface area contributed by atoms with Crippen LogP contribution in [0.5, 0.6) is 0 Å². The van der Waals surface area contributed by atoms with Crippen molar-refractivity contribution in [2.75, 3.05) is 23.7 Å². The fourth-order valence-electron chi connectivity index (χ4n) is 2.59. The maximum atomic E-state index is 14.0. The Bertz CT molecular complexity index is 568. The summed E-state index contributed by atoms with van der Waals surface area (Å²) < 4.78 is 14.0. The maximum absolute atomic E-state index is 14.0. The molecule has 1 aliphatic heterocycles. The van der Waals surface area contributed by atoms with Crippen molar-refractivity contribution in [2.24, 2.45) is 5.73 Å². The van der Waals surface area contributed by atoms with Gasteiger partial charge in [-0.3, -0.25) is 9.59 Å². The topological polar surface area (TPSA) is 101 Å². The van der Waals surface area contributed by atoms with Gasteiger partial charge in [-0.15, -0.1) is 0 Å². The molecule has 21 heavy (non-hydrogen) atoms. The van der Waals surface area contributed by atoms with E-state index >= 15 is 0 Å². The van der Waals surface area contributed by atoms with Gasteiger partial charge in [0.05, 0.1) is 11.3 Å². The van der Waals surface area contributed by atoms with E-state index in [2.05, 4.69) is 5.32 Å². The third-order valence-electron chi connectivity index (χ3n) is 3.63. The van der Waals surface area contributed by atoms with Crippen LogP contribution < -0.4 is 21.7 Å². The Morgan fingerprint density at radius 3 is 2.48 bits per heavy atom. The second-order valence-electron chi connectivity index (χ2n) is 5.22. The van der Waals surface area contributed by atoms with Crippen LogP contribution in [0, 0.1) is 5.82 Å². The van der Waals surface area contributed by atoms with Crippen molar-refractivity contribution in [3.63, 3.8) is 0 Å². The SMILES string of the molecule is CC(=O)NC1CCN(c2cc(C(N)=O)c(N)cc2F)CC1. The van der Waals surface area contributed by atoms with Crippen LogP contribution in [0.3, 0.4) is 0 Å². The highest BCUT2D eigenvalue weighted by Gasteiger charge is 2.23. The van der Waals surface area contributed by atoms with Gasteiger partial charge in [0.25, 0.3) is 5.91 Å². The van der Waals surface area contributed by atoms with Crippen molar-refractivity contribution in [1.82, 2.24) is 5.32 Å². The third-order valence-corrected chi connectivity index (χ3v) is 3.63. The maximum Gasteiger partial charge on any atom is 0.250 e. The Labute approximate surface area is 122 Å². The van der Waals surface area contributed by atoms with E-state index < -0.39 is 11.7 Å². The molecule has 1 heterocycles. The fourth-order valence-corrected chi connectivity index (χ4v) is 2.59. The number of hydrogen-bond donors (Lipinski definition) is 3. The van der Waals surface area contributed by atoms with Gasteiger partial charge in [0.1, 0.15) is 5.82 Å². The third kappa shape index (κ3) is 3.42. The van der Waals surface area contributed by atoms with Crippen molar-refractivity contribution in [3.8, 4) is 0 Å². The summed E-state index contributed by atoms with van der Waals surface area (Å²) in [7, 11) is 0. The summed E-state index contributed by atoms with van der Waals surface area (Å²) in [6.07, 6.45) is 1.44. The first-order valence-electron chi connectivity index (χ1n) is 6.79. The Morgan fingerprint density at radius 2 is 1.95 bits per heavy atom. The molecule has 0 spiro atoms. The summed E-state index contributed by atoms with van der Waals surface area (Å²) >= 11 is 0. The summed E-state index contributed by atoms with van der Waals surface area (Å²) in [6, 6.07) is 2.62. The number of nitrogens with one attached hydrogen (secondary N) is 1. The van der Waals surface area contributed by atoms with E-state index in [9.17, 15) is 14.0 Å². The molecule has 2 rings (SSSR count). The number of rotatable bonds is 3. The lowest BCUT2D eigenvalue weighted by atomic mass is 10.0. The molecule has 114 valence electrons. The van der Waals surface area contributed by atoms with Crippen LogP contribution in [-0.2, 0) is 4.79 Å². The molecule has 7 heteroatoms. The van der Waals surface area contributed by atoms with Gasteiger partial charge in [0.15, 0.2) is 0 Å². The first kappa shape index (κ1) is 15.1. The number of amides is 2. The molecule has 0 bridgehead atoms.